The average Bonchev–Trinajstić information content (AvgIpc) is 3.24. The van der Waals surface area contributed by atoms with Crippen LogP contribution in [-0.4, -0.2) is 9.97 Å². The molecule has 4 aromatic rings. The number of hydrogen-bond acceptors (Lipinski definition) is 1. The Kier molecular flexibility index (Phi) is 5.46. The molecule has 2 heteroatoms. The van der Waals surface area contributed by atoms with Crippen molar-refractivity contribution in [1.82, 2.24) is 9.97 Å². The van der Waals surface area contributed by atoms with Gasteiger partial charge < -0.3 is 4.98 Å². The van der Waals surface area contributed by atoms with Crippen LogP contribution in [0.3, 0.4) is 0 Å². The minimum absolute atomic E-state index is 0.457. The summed E-state index contributed by atoms with van der Waals surface area (Å²) < 4.78 is 0. The number of nitrogens with zero attached hydrogens (tertiary/aromatic N) is 1. The Hall–Kier alpha value is -3.13. The van der Waals surface area contributed by atoms with E-state index >= 15 is 0 Å². The van der Waals surface area contributed by atoms with Crippen LogP contribution >= 0.6 is 0 Å². The van der Waals surface area contributed by atoms with E-state index in [2.05, 4.69) is 103 Å². The fourth-order valence-electron chi connectivity index (χ4n) is 5.46. The molecule has 3 aromatic carbocycles. The summed E-state index contributed by atoms with van der Waals surface area (Å²) in [6, 6.07) is 32.7. The molecule has 0 spiro atoms. The number of aromatic amines is 1. The highest BCUT2D eigenvalue weighted by Gasteiger charge is 2.43. The molecule has 0 atom stereocenters. The predicted octanol–water partition coefficient (Wildman–Crippen LogP) is 7.15. The van der Waals surface area contributed by atoms with Crippen LogP contribution in [0.2, 0.25) is 0 Å². The third kappa shape index (κ3) is 3.50. The third-order valence-electron chi connectivity index (χ3n) is 6.84. The normalized spacial score (nSPS) is 15.1. The van der Waals surface area contributed by atoms with E-state index in [4.69, 9.17) is 4.98 Å². The number of H-pyrrole nitrogens is 1. The lowest BCUT2D eigenvalue weighted by Gasteiger charge is -2.37. The van der Waals surface area contributed by atoms with E-state index in [1.165, 1.54) is 60.2 Å². The third-order valence-corrected chi connectivity index (χ3v) is 6.84. The summed E-state index contributed by atoms with van der Waals surface area (Å²) in [5, 5.41) is 0. The van der Waals surface area contributed by atoms with Gasteiger partial charge in [0.2, 0.25) is 0 Å². The molecule has 156 valence electrons. The van der Waals surface area contributed by atoms with Crippen LogP contribution in [0.15, 0.2) is 91.0 Å². The van der Waals surface area contributed by atoms with E-state index < -0.39 is 5.41 Å². The van der Waals surface area contributed by atoms with Gasteiger partial charge in [0.15, 0.2) is 0 Å². The fourth-order valence-corrected chi connectivity index (χ4v) is 5.46. The van der Waals surface area contributed by atoms with Crippen molar-refractivity contribution in [2.75, 3.05) is 0 Å². The van der Waals surface area contributed by atoms with Gasteiger partial charge in [-0.1, -0.05) is 110 Å². The lowest BCUT2D eigenvalue weighted by atomic mass is 9.65. The monoisotopic (exact) mass is 406 g/mol. The zero-order chi connectivity index (χ0) is 21.1. The SMILES string of the molecule is Cc1nc(C(c2ccccc2)(c2ccccc2)c2ccccc2)c(C2CCCCC2)[nH]1. The van der Waals surface area contributed by atoms with Crippen LogP contribution in [0.1, 0.15) is 71.9 Å². The van der Waals surface area contributed by atoms with Crippen molar-refractivity contribution in [3.05, 3.63) is 125 Å². The molecule has 2 nitrogen and oxygen atoms in total. The highest BCUT2D eigenvalue weighted by atomic mass is 14.9. The first-order valence-corrected chi connectivity index (χ1v) is 11.5. The summed E-state index contributed by atoms with van der Waals surface area (Å²) in [7, 11) is 0. The van der Waals surface area contributed by atoms with Gasteiger partial charge in [0, 0.05) is 11.6 Å². The maximum Gasteiger partial charge on any atom is 0.103 e. The number of rotatable bonds is 5. The molecule has 1 aliphatic carbocycles. The minimum atomic E-state index is -0.457. The average molecular weight is 407 g/mol. The predicted molar refractivity (Wildman–Crippen MR) is 127 cm³/mol. The summed E-state index contributed by atoms with van der Waals surface area (Å²) in [4.78, 5) is 8.95. The molecule has 1 aromatic heterocycles. The molecule has 0 radical (unpaired) electrons. The molecule has 1 fully saturated rings. The second-order valence-electron chi connectivity index (χ2n) is 8.77. The van der Waals surface area contributed by atoms with Gasteiger partial charge in [-0.05, 0) is 36.5 Å². The molecule has 1 N–H and O–H groups in total. The summed E-state index contributed by atoms with van der Waals surface area (Å²) in [5.41, 5.74) is 5.82. The van der Waals surface area contributed by atoms with Crippen LogP contribution < -0.4 is 0 Å². The first-order chi connectivity index (χ1) is 15.3. The second-order valence-corrected chi connectivity index (χ2v) is 8.77. The van der Waals surface area contributed by atoms with Crippen molar-refractivity contribution in [1.29, 1.82) is 0 Å². The Morgan fingerprint density at radius 2 is 1.13 bits per heavy atom. The van der Waals surface area contributed by atoms with Gasteiger partial charge in [0.25, 0.3) is 0 Å². The van der Waals surface area contributed by atoms with Crippen LogP contribution in [0.25, 0.3) is 0 Å². The Bertz CT molecular complexity index is 1010. The van der Waals surface area contributed by atoms with Crippen LogP contribution in [-0.2, 0) is 5.41 Å². The Labute approximate surface area is 185 Å². The summed E-state index contributed by atoms with van der Waals surface area (Å²) in [6.45, 7) is 2.10. The van der Waals surface area contributed by atoms with Gasteiger partial charge >= 0.3 is 0 Å². The van der Waals surface area contributed by atoms with Crippen LogP contribution in [0.5, 0.6) is 0 Å². The number of hydrogen-bond donors (Lipinski definition) is 1. The molecular formula is C29H30N2. The van der Waals surface area contributed by atoms with Crippen LogP contribution in [0.4, 0.5) is 0 Å². The van der Waals surface area contributed by atoms with Gasteiger partial charge in [-0.3, -0.25) is 0 Å². The maximum absolute atomic E-state index is 5.23. The number of aryl methyl sites for hydroxylation is 1. The number of aromatic nitrogens is 2. The van der Waals surface area contributed by atoms with Crippen molar-refractivity contribution in [3.8, 4) is 0 Å². The number of benzene rings is 3. The summed E-state index contributed by atoms with van der Waals surface area (Å²) in [6.07, 6.45) is 6.43. The molecule has 5 rings (SSSR count). The smallest absolute Gasteiger partial charge is 0.103 e. The molecule has 1 aliphatic rings. The van der Waals surface area contributed by atoms with Crippen molar-refractivity contribution in [3.63, 3.8) is 0 Å². The Balaban J connectivity index is 1.86. The molecule has 1 heterocycles. The first kappa shape index (κ1) is 19.8. The van der Waals surface area contributed by atoms with Crippen LogP contribution in [0, 0.1) is 6.92 Å². The van der Waals surface area contributed by atoms with Gasteiger partial charge in [-0.15, -0.1) is 0 Å². The van der Waals surface area contributed by atoms with Crippen molar-refractivity contribution < 1.29 is 0 Å². The highest BCUT2D eigenvalue weighted by molar-refractivity contribution is 5.59. The summed E-state index contributed by atoms with van der Waals surface area (Å²) in [5.74, 6) is 1.54. The molecule has 0 saturated heterocycles. The van der Waals surface area contributed by atoms with E-state index in [9.17, 15) is 0 Å². The minimum Gasteiger partial charge on any atom is -0.346 e. The molecule has 0 bridgehead atoms. The standard InChI is InChI=1S/C29H30N2/c1-22-30-27(23-14-6-2-7-15-23)28(31-22)29(24-16-8-3-9-17-24,25-18-10-4-11-19-25)26-20-12-5-13-21-26/h3-5,8-13,16-21,23H,2,6-7,14-15H2,1H3,(H,30,31). The van der Waals surface area contributed by atoms with Crippen molar-refractivity contribution >= 4 is 0 Å². The largest absolute Gasteiger partial charge is 0.346 e. The number of nitrogens with one attached hydrogen (secondary N) is 1. The van der Waals surface area contributed by atoms with E-state index in [-0.39, 0.29) is 0 Å². The zero-order valence-electron chi connectivity index (χ0n) is 18.2. The highest BCUT2D eigenvalue weighted by Crippen LogP contribution is 2.48. The van der Waals surface area contributed by atoms with Crippen molar-refractivity contribution in [2.24, 2.45) is 0 Å². The van der Waals surface area contributed by atoms with Gasteiger partial charge in [0.05, 0.1) is 11.1 Å². The lowest BCUT2D eigenvalue weighted by Crippen LogP contribution is -2.33. The van der Waals surface area contributed by atoms with E-state index in [1.807, 2.05) is 0 Å². The molecule has 1 saturated carbocycles. The molecule has 0 aliphatic heterocycles. The zero-order valence-corrected chi connectivity index (χ0v) is 18.2. The van der Waals surface area contributed by atoms with Gasteiger partial charge in [0.1, 0.15) is 5.82 Å². The van der Waals surface area contributed by atoms with E-state index in [0.717, 1.165) is 5.82 Å². The molecule has 31 heavy (non-hydrogen) atoms. The molecule has 0 amide bonds. The topological polar surface area (TPSA) is 28.7 Å². The molecule has 0 unspecified atom stereocenters. The van der Waals surface area contributed by atoms with E-state index in [0.29, 0.717) is 5.92 Å². The maximum atomic E-state index is 5.23. The molecular weight excluding hydrogens is 376 g/mol. The fraction of sp³-hybridized carbons (Fsp3) is 0.276. The van der Waals surface area contributed by atoms with Gasteiger partial charge in [-0.25, -0.2) is 4.98 Å². The lowest BCUT2D eigenvalue weighted by molar-refractivity contribution is 0.432. The second kappa shape index (κ2) is 8.55. The van der Waals surface area contributed by atoms with Gasteiger partial charge in [-0.2, -0.15) is 0 Å². The summed E-state index contributed by atoms with van der Waals surface area (Å²) >= 11 is 0. The first-order valence-electron chi connectivity index (χ1n) is 11.5. The Morgan fingerprint density at radius 3 is 1.58 bits per heavy atom. The quantitative estimate of drug-likeness (QED) is 0.350. The Morgan fingerprint density at radius 1 is 0.677 bits per heavy atom. The van der Waals surface area contributed by atoms with E-state index in [1.54, 1.807) is 0 Å². The van der Waals surface area contributed by atoms with Crippen molar-refractivity contribution in [2.45, 2.75) is 50.4 Å². The number of imidazole rings is 1.